The van der Waals surface area contributed by atoms with Gasteiger partial charge in [0, 0.05) is 30.1 Å². The first kappa shape index (κ1) is 13.3. The van der Waals surface area contributed by atoms with Crippen LogP contribution in [0.5, 0.6) is 0 Å². The largest absolute Gasteiger partial charge is 0.317 e. The first-order valence-electron chi connectivity index (χ1n) is 6.10. The van der Waals surface area contributed by atoms with Crippen molar-refractivity contribution < 1.29 is 0 Å². The topological polar surface area (TPSA) is 15.3 Å². The number of nitrogens with one attached hydrogen (secondary N) is 1. The van der Waals surface area contributed by atoms with Crippen molar-refractivity contribution in [1.82, 2.24) is 10.2 Å². The summed E-state index contributed by atoms with van der Waals surface area (Å²) >= 11 is 2.11. The molecular weight excluding hydrogens is 204 g/mol. The highest BCUT2D eigenvalue weighted by atomic mass is 32.2. The lowest BCUT2D eigenvalue weighted by molar-refractivity contribution is 0.225. The van der Waals surface area contributed by atoms with Crippen molar-refractivity contribution >= 4 is 11.8 Å². The summed E-state index contributed by atoms with van der Waals surface area (Å²) in [5.41, 5.74) is 0. The minimum absolute atomic E-state index is 0.455. The van der Waals surface area contributed by atoms with E-state index in [1.807, 2.05) is 0 Å². The molecule has 1 rings (SSSR count). The van der Waals surface area contributed by atoms with Gasteiger partial charge in [0.15, 0.2) is 0 Å². The SMILES string of the molecule is CCNCC(C)CN1CCSC(C)(C)C1. The van der Waals surface area contributed by atoms with Crippen molar-refractivity contribution in [2.45, 2.75) is 32.4 Å². The van der Waals surface area contributed by atoms with Crippen LogP contribution in [0.3, 0.4) is 0 Å². The lowest BCUT2D eigenvalue weighted by Gasteiger charge is -2.38. The zero-order valence-electron chi connectivity index (χ0n) is 10.7. The molecule has 0 spiro atoms. The van der Waals surface area contributed by atoms with Crippen molar-refractivity contribution in [2.24, 2.45) is 5.92 Å². The second-order valence-electron chi connectivity index (χ2n) is 5.26. The first-order chi connectivity index (χ1) is 7.03. The molecule has 0 saturated carbocycles. The van der Waals surface area contributed by atoms with Gasteiger partial charge in [0.2, 0.25) is 0 Å². The van der Waals surface area contributed by atoms with Crippen LogP contribution >= 0.6 is 11.8 Å². The molecule has 0 aromatic heterocycles. The third-order valence-electron chi connectivity index (χ3n) is 2.82. The van der Waals surface area contributed by atoms with Crippen molar-refractivity contribution in [1.29, 1.82) is 0 Å². The maximum atomic E-state index is 3.43. The highest BCUT2D eigenvalue weighted by molar-refractivity contribution is 8.00. The van der Waals surface area contributed by atoms with E-state index in [0.29, 0.717) is 4.75 Å². The summed E-state index contributed by atoms with van der Waals surface area (Å²) in [6.07, 6.45) is 0. The second kappa shape index (κ2) is 6.12. The van der Waals surface area contributed by atoms with Gasteiger partial charge >= 0.3 is 0 Å². The number of hydrogen-bond acceptors (Lipinski definition) is 3. The Morgan fingerprint density at radius 3 is 2.80 bits per heavy atom. The molecule has 1 atom stereocenters. The molecule has 1 unspecified atom stereocenters. The standard InChI is InChI=1S/C12H26N2S/c1-5-13-8-11(2)9-14-6-7-15-12(3,4)10-14/h11,13H,5-10H2,1-4H3. The van der Waals surface area contributed by atoms with Gasteiger partial charge in [-0.2, -0.15) is 11.8 Å². The zero-order valence-corrected chi connectivity index (χ0v) is 11.5. The van der Waals surface area contributed by atoms with Crippen LogP contribution < -0.4 is 5.32 Å². The number of nitrogens with zero attached hydrogens (tertiary/aromatic N) is 1. The van der Waals surface area contributed by atoms with Gasteiger partial charge in [-0.05, 0) is 32.9 Å². The molecule has 0 radical (unpaired) electrons. The van der Waals surface area contributed by atoms with Crippen molar-refractivity contribution in [3.8, 4) is 0 Å². The van der Waals surface area contributed by atoms with Crippen LogP contribution in [0.1, 0.15) is 27.7 Å². The third-order valence-corrected chi connectivity index (χ3v) is 4.11. The molecule has 1 N–H and O–H groups in total. The fraction of sp³-hybridized carbons (Fsp3) is 1.00. The van der Waals surface area contributed by atoms with Crippen molar-refractivity contribution in [3.05, 3.63) is 0 Å². The minimum Gasteiger partial charge on any atom is -0.317 e. The molecular formula is C12H26N2S. The Bertz CT molecular complexity index is 182. The maximum Gasteiger partial charge on any atom is 0.0231 e. The lowest BCUT2D eigenvalue weighted by atomic mass is 10.1. The summed E-state index contributed by atoms with van der Waals surface area (Å²) in [6, 6.07) is 0. The van der Waals surface area contributed by atoms with E-state index in [1.54, 1.807) is 0 Å². The summed E-state index contributed by atoms with van der Waals surface area (Å²) in [5.74, 6) is 2.06. The quantitative estimate of drug-likeness (QED) is 0.778. The predicted octanol–water partition coefficient (Wildman–Crippen LogP) is 2.06. The van der Waals surface area contributed by atoms with Gasteiger partial charge in [0.1, 0.15) is 0 Å². The van der Waals surface area contributed by atoms with Crippen LogP contribution in [-0.2, 0) is 0 Å². The summed E-state index contributed by atoms with van der Waals surface area (Å²) in [4.78, 5) is 2.62. The summed E-state index contributed by atoms with van der Waals surface area (Å²) < 4.78 is 0.455. The number of thioether (sulfide) groups is 1. The molecule has 3 heteroatoms. The molecule has 0 aliphatic carbocycles. The summed E-state index contributed by atoms with van der Waals surface area (Å²) in [5, 5.41) is 3.43. The second-order valence-corrected chi connectivity index (χ2v) is 7.06. The Balaban J connectivity index is 2.25. The molecule has 1 aliphatic heterocycles. The smallest absolute Gasteiger partial charge is 0.0231 e. The van der Waals surface area contributed by atoms with Gasteiger partial charge in [-0.1, -0.05) is 13.8 Å². The fourth-order valence-electron chi connectivity index (χ4n) is 2.17. The molecule has 15 heavy (non-hydrogen) atoms. The average molecular weight is 230 g/mol. The molecule has 90 valence electrons. The molecule has 1 heterocycles. The van der Waals surface area contributed by atoms with Crippen LogP contribution in [0.4, 0.5) is 0 Å². The van der Waals surface area contributed by atoms with Crippen LogP contribution in [0.15, 0.2) is 0 Å². The molecule has 1 aliphatic rings. The van der Waals surface area contributed by atoms with Gasteiger partial charge in [-0.15, -0.1) is 0 Å². The van der Waals surface area contributed by atoms with Gasteiger partial charge in [-0.3, -0.25) is 0 Å². The van der Waals surface area contributed by atoms with Crippen molar-refractivity contribution in [3.63, 3.8) is 0 Å². The van der Waals surface area contributed by atoms with E-state index in [-0.39, 0.29) is 0 Å². The van der Waals surface area contributed by atoms with Crippen LogP contribution in [-0.4, -0.2) is 48.1 Å². The Morgan fingerprint density at radius 2 is 2.20 bits per heavy atom. The van der Waals surface area contributed by atoms with Gasteiger partial charge in [-0.25, -0.2) is 0 Å². The van der Waals surface area contributed by atoms with E-state index in [2.05, 4.69) is 49.7 Å². The van der Waals surface area contributed by atoms with Crippen LogP contribution in [0, 0.1) is 5.92 Å². The van der Waals surface area contributed by atoms with E-state index in [1.165, 1.54) is 25.4 Å². The van der Waals surface area contributed by atoms with Gasteiger partial charge in [0.05, 0.1) is 0 Å². The third kappa shape index (κ3) is 5.23. The first-order valence-corrected chi connectivity index (χ1v) is 7.09. The Hall–Kier alpha value is 0.270. The monoisotopic (exact) mass is 230 g/mol. The molecule has 0 bridgehead atoms. The summed E-state index contributed by atoms with van der Waals surface area (Å²) in [6.45, 7) is 15.2. The Labute approximate surface area is 99.2 Å². The summed E-state index contributed by atoms with van der Waals surface area (Å²) in [7, 11) is 0. The van der Waals surface area contributed by atoms with Gasteiger partial charge in [0.25, 0.3) is 0 Å². The fourth-order valence-corrected chi connectivity index (χ4v) is 3.34. The van der Waals surface area contributed by atoms with Crippen LogP contribution in [0.25, 0.3) is 0 Å². The van der Waals surface area contributed by atoms with E-state index >= 15 is 0 Å². The normalized spacial score (nSPS) is 24.0. The van der Waals surface area contributed by atoms with Gasteiger partial charge < -0.3 is 10.2 Å². The molecule has 1 saturated heterocycles. The Morgan fingerprint density at radius 1 is 1.47 bits per heavy atom. The zero-order chi connectivity index (χ0) is 11.3. The lowest BCUT2D eigenvalue weighted by Crippen LogP contribution is -2.45. The molecule has 0 aromatic rings. The highest BCUT2D eigenvalue weighted by Crippen LogP contribution is 2.29. The molecule has 2 nitrogen and oxygen atoms in total. The van der Waals surface area contributed by atoms with Crippen LogP contribution in [0.2, 0.25) is 0 Å². The van der Waals surface area contributed by atoms with E-state index in [9.17, 15) is 0 Å². The highest BCUT2D eigenvalue weighted by Gasteiger charge is 2.27. The molecule has 0 aromatic carbocycles. The average Bonchev–Trinajstić information content (AvgIpc) is 2.13. The van der Waals surface area contributed by atoms with E-state index < -0.39 is 0 Å². The van der Waals surface area contributed by atoms with E-state index in [0.717, 1.165) is 19.0 Å². The van der Waals surface area contributed by atoms with Crippen molar-refractivity contribution in [2.75, 3.05) is 38.5 Å². The number of rotatable bonds is 5. The minimum atomic E-state index is 0.455. The predicted molar refractivity (Wildman–Crippen MR) is 70.7 cm³/mol. The Kier molecular flexibility index (Phi) is 5.44. The molecule has 0 amide bonds. The molecule has 1 fully saturated rings. The van der Waals surface area contributed by atoms with E-state index in [4.69, 9.17) is 0 Å². The number of hydrogen-bond donors (Lipinski definition) is 1. The maximum absolute atomic E-state index is 3.43.